The Balaban J connectivity index is 0.00000180. The Morgan fingerprint density at radius 2 is 1.78 bits per heavy atom. The molecule has 0 spiro atoms. The number of pyridine rings is 1. The van der Waals surface area contributed by atoms with Crippen molar-refractivity contribution in [3.8, 4) is 11.1 Å². The molecular formula is C24H24Cl2F4N4O2. The number of aromatic amines is 1. The highest BCUT2D eigenvalue weighted by Gasteiger charge is 2.60. The fourth-order valence-corrected chi connectivity index (χ4v) is 5.08. The molecule has 3 heterocycles. The molecule has 2 aliphatic rings. The fraction of sp³-hybridized carbons (Fsp3) is 0.375. The van der Waals surface area contributed by atoms with Crippen LogP contribution in [0.4, 0.5) is 17.6 Å². The van der Waals surface area contributed by atoms with E-state index in [2.05, 4.69) is 14.9 Å². The number of benzene rings is 1. The Morgan fingerprint density at radius 1 is 1.06 bits per heavy atom. The molecule has 3 aromatic rings. The molecule has 0 unspecified atom stereocenters. The zero-order valence-corrected chi connectivity index (χ0v) is 20.6. The summed E-state index contributed by atoms with van der Waals surface area (Å²) in [5.41, 5.74) is -0.210. The van der Waals surface area contributed by atoms with Crippen LogP contribution in [0.3, 0.4) is 0 Å². The van der Waals surface area contributed by atoms with E-state index in [-0.39, 0.29) is 35.8 Å². The lowest BCUT2D eigenvalue weighted by molar-refractivity contribution is -0.137. The third-order valence-electron chi connectivity index (χ3n) is 6.93. The van der Waals surface area contributed by atoms with Gasteiger partial charge in [-0.1, -0.05) is 12.1 Å². The van der Waals surface area contributed by atoms with Crippen LogP contribution < -0.4 is 11.2 Å². The summed E-state index contributed by atoms with van der Waals surface area (Å²) in [6.45, 7) is 2.74. The van der Waals surface area contributed by atoms with E-state index in [0.29, 0.717) is 24.4 Å². The Morgan fingerprint density at radius 3 is 2.42 bits per heavy atom. The van der Waals surface area contributed by atoms with E-state index < -0.39 is 28.9 Å². The predicted molar refractivity (Wildman–Crippen MR) is 131 cm³/mol. The van der Waals surface area contributed by atoms with Crippen LogP contribution in [0, 0.1) is 11.9 Å². The summed E-state index contributed by atoms with van der Waals surface area (Å²) in [5.74, 6) is -0.233. The van der Waals surface area contributed by atoms with Crippen LogP contribution in [0.2, 0.25) is 0 Å². The maximum absolute atomic E-state index is 13.1. The van der Waals surface area contributed by atoms with Crippen molar-refractivity contribution >= 4 is 24.8 Å². The summed E-state index contributed by atoms with van der Waals surface area (Å²) in [6.07, 6.45) is -0.00687. The molecule has 1 saturated heterocycles. The fourth-order valence-electron chi connectivity index (χ4n) is 5.08. The maximum atomic E-state index is 13.1. The molecule has 1 aromatic carbocycles. The van der Waals surface area contributed by atoms with E-state index in [9.17, 15) is 27.2 Å². The van der Waals surface area contributed by atoms with E-state index in [0.717, 1.165) is 49.8 Å². The van der Waals surface area contributed by atoms with Gasteiger partial charge in [0.15, 0.2) is 0 Å². The second-order valence-corrected chi connectivity index (χ2v) is 9.09. The molecule has 36 heavy (non-hydrogen) atoms. The van der Waals surface area contributed by atoms with Crippen LogP contribution in [-0.2, 0) is 18.1 Å². The number of likely N-dealkylation sites (tertiary alicyclic amines) is 1. The van der Waals surface area contributed by atoms with Gasteiger partial charge in [-0.25, -0.2) is 9.78 Å². The smallest absolute Gasteiger partial charge is 0.302 e. The molecule has 2 atom stereocenters. The quantitative estimate of drug-likeness (QED) is 0.370. The summed E-state index contributed by atoms with van der Waals surface area (Å²) in [5, 5.41) is 0. The van der Waals surface area contributed by atoms with Crippen molar-refractivity contribution in [3.63, 3.8) is 0 Å². The molecule has 1 N–H and O–H groups in total. The van der Waals surface area contributed by atoms with Crippen LogP contribution in [0.15, 0.2) is 58.4 Å². The first-order chi connectivity index (χ1) is 16.2. The minimum Gasteiger partial charge on any atom is -0.302 e. The zero-order chi connectivity index (χ0) is 24.1. The molecule has 0 amide bonds. The Bertz CT molecular complexity index is 1330. The first kappa shape index (κ1) is 27.9. The van der Waals surface area contributed by atoms with Gasteiger partial charge in [0.1, 0.15) is 0 Å². The molecule has 194 valence electrons. The van der Waals surface area contributed by atoms with E-state index in [1.165, 1.54) is 23.0 Å². The van der Waals surface area contributed by atoms with Gasteiger partial charge in [-0.05, 0) is 55.1 Å². The highest BCUT2D eigenvalue weighted by atomic mass is 35.5. The zero-order valence-electron chi connectivity index (χ0n) is 18.9. The van der Waals surface area contributed by atoms with E-state index >= 15 is 0 Å². The molecule has 1 saturated carbocycles. The van der Waals surface area contributed by atoms with Gasteiger partial charge in [0.2, 0.25) is 5.95 Å². The number of alkyl halides is 3. The average molecular weight is 547 g/mol. The molecule has 2 aromatic heterocycles. The first-order valence-corrected chi connectivity index (χ1v) is 11.0. The van der Waals surface area contributed by atoms with Crippen molar-refractivity contribution in [3.05, 3.63) is 86.7 Å². The van der Waals surface area contributed by atoms with Gasteiger partial charge in [0.05, 0.1) is 11.1 Å². The van der Waals surface area contributed by atoms with Crippen LogP contribution in [0.25, 0.3) is 11.1 Å². The average Bonchev–Trinajstić information content (AvgIpc) is 3.37. The van der Waals surface area contributed by atoms with Crippen molar-refractivity contribution < 1.29 is 17.6 Å². The summed E-state index contributed by atoms with van der Waals surface area (Å²) >= 11 is 0. The van der Waals surface area contributed by atoms with Gasteiger partial charge in [-0.2, -0.15) is 17.6 Å². The van der Waals surface area contributed by atoms with Gasteiger partial charge in [-0.3, -0.25) is 14.3 Å². The van der Waals surface area contributed by atoms with Gasteiger partial charge in [-0.15, -0.1) is 24.8 Å². The van der Waals surface area contributed by atoms with E-state index in [4.69, 9.17) is 0 Å². The van der Waals surface area contributed by atoms with E-state index in [1.807, 2.05) is 0 Å². The molecule has 1 aliphatic heterocycles. The number of hydrogen-bond acceptors (Lipinski definition) is 4. The van der Waals surface area contributed by atoms with Gasteiger partial charge < -0.3 is 4.90 Å². The molecule has 0 radical (unpaired) electrons. The first-order valence-electron chi connectivity index (χ1n) is 11.0. The lowest BCUT2D eigenvalue weighted by Gasteiger charge is -2.21. The second-order valence-electron chi connectivity index (χ2n) is 9.09. The van der Waals surface area contributed by atoms with Gasteiger partial charge in [0.25, 0.3) is 5.56 Å². The minimum absolute atomic E-state index is 0. The number of rotatable bonds is 6. The van der Waals surface area contributed by atoms with Crippen LogP contribution in [0.1, 0.15) is 24.0 Å². The Hall–Kier alpha value is -2.69. The third-order valence-corrected chi connectivity index (χ3v) is 6.93. The summed E-state index contributed by atoms with van der Waals surface area (Å²) in [4.78, 5) is 32.5. The summed E-state index contributed by atoms with van der Waals surface area (Å²) < 4.78 is 53.1. The SMILES string of the molecule is Cl.Cl.O=c1[nH]c(=O)n(CCCN2C[C@@H]3C[C@]3(c3ccc(C(F)(F)F)cc3)C2)cc1-c1ccc(F)nc1. The number of aryl methyl sites for hydroxylation is 1. The molecular weight excluding hydrogens is 523 g/mol. The number of fused-ring (bicyclic) bond motifs is 1. The molecule has 5 rings (SSSR count). The maximum Gasteiger partial charge on any atom is 0.416 e. The number of nitrogens with zero attached hydrogens (tertiary/aromatic N) is 3. The number of halogens is 6. The van der Waals surface area contributed by atoms with Crippen molar-refractivity contribution in [2.75, 3.05) is 19.6 Å². The monoisotopic (exact) mass is 546 g/mol. The number of piperidine rings is 1. The normalized spacial score (nSPS) is 20.8. The number of aromatic nitrogens is 3. The van der Waals surface area contributed by atoms with Gasteiger partial charge >= 0.3 is 11.9 Å². The second kappa shape index (κ2) is 10.4. The number of hydrogen-bond donors (Lipinski definition) is 1. The molecule has 1 aliphatic carbocycles. The molecule has 6 nitrogen and oxygen atoms in total. The van der Waals surface area contributed by atoms with Crippen molar-refractivity contribution in [2.45, 2.75) is 31.0 Å². The molecule has 2 fully saturated rings. The summed E-state index contributed by atoms with van der Waals surface area (Å²) in [7, 11) is 0. The van der Waals surface area contributed by atoms with Crippen LogP contribution in [0.5, 0.6) is 0 Å². The highest BCUT2D eigenvalue weighted by Crippen LogP contribution is 2.59. The minimum atomic E-state index is -4.34. The molecule has 0 bridgehead atoms. The standard InChI is InChI=1S/C24H22F4N4O2.2ClH/c25-20-7-2-15(11-29-20)19-13-32(22(34)30-21(19)33)9-1-8-31-12-18-10-23(18,14-31)16-3-5-17(6-4-16)24(26,27)28;;/h2-7,11,13,18H,1,8-10,12,14H2,(H,30,33,34);2*1H/t18-,23+;;/m0../s1. The Kier molecular flexibility index (Phi) is 8.02. The van der Waals surface area contributed by atoms with E-state index in [1.54, 1.807) is 12.1 Å². The van der Waals surface area contributed by atoms with Crippen molar-refractivity contribution in [2.24, 2.45) is 5.92 Å². The van der Waals surface area contributed by atoms with Crippen molar-refractivity contribution in [1.29, 1.82) is 0 Å². The predicted octanol–water partition coefficient (Wildman–Crippen LogP) is 4.26. The number of H-pyrrole nitrogens is 1. The van der Waals surface area contributed by atoms with Crippen LogP contribution >= 0.6 is 24.8 Å². The van der Waals surface area contributed by atoms with Crippen LogP contribution in [-0.4, -0.2) is 39.1 Å². The lowest BCUT2D eigenvalue weighted by Crippen LogP contribution is -2.32. The summed E-state index contributed by atoms with van der Waals surface area (Å²) in [6, 6.07) is 8.07. The topological polar surface area (TPSA) is 71.0 Å². The Labute approximate surface area is 216 Å². The van der Waals surface area contributed by atoms with Gasteiger partial charge in [0, 0.05) is 43.0 Å². The highest BCUT2D eigenvalue weighted by molar-refractivity contribution is 5.85. The van der Waals surface area contributed by atoms with Crippen molar-refractivity contribution in [1.82, 2.24) is 19.4 Å². The number of nitrogens with one attached hydrogen (secondary N) is 1. The molecule has 12 heteroatoms. The third kappa shape index (κ3) is 5.35. The largest absolute Gasteiger partial charge is 0.416 e. The lowest BCUT2D eigenvalue weighted by atomic mass is 9.94.